The summed E-state index contributed by atoms with van der Waals surface area (Å²) < 4.78 is 0. The third kappa shape index (κ3) is 0.793. The largest absolute Gasteiger partial charge is 0.314 e. The van der Waals surface area contributed by atoms with Gasteiger partial charge < -0.3 is 5.73 Å². The van der Waals surface area contributed by atoms with Crippen LogP contribution in [0.5, 0.6) is 0 Å². The molecule has 0 bridgehead atoms. The first kappa shape index (κ1) is 5.51. The second-order valence-electron chi connectivity index (χ2n) is 1.72. The fraction of sp³-hybridized carbons (Fsp3) is 0.750. The molecule has 4 N–H and O–H groups in total. The van der Waals surface area contributed by atoms with Gasteiger partial charge >= 0.3 is 0 Å². The number of hydrogen-bond donors (Lipinski definition) is 3. The lowest BCUT2D eigenvalue weighted by Crippen LogP contribution is -2.40. The molecule has 4 heteroatoms. The fourth-order valence-corrected chi connectivity index (χ4v) is 0.657. The lowest BCUT2D eigenvalue weighted by atomic mass is 10.3. The molecule has 0 aromatic carbocycles. The van der Waals surface area contributed by atoms with E-state index in [1.807, 2.05) is 6.07 Å². The van der Waals surface area contributed by atoms with Crippen molar-refractivity contribution in [2.24, 2.45) is 5.73 Å². The van der Waals surface area contributed by atoms with Gasteiger partial charge in [0.2, 0.25) is 0 Å². The summed E-state index contributed by atoms with van der Waals surface area (Å²) in [5.41, 5.74) is 5.39. The Labute approximate surface area is 47.7 Å². The van der Waals surface area contributed by atoms with Crippen molar-refractivity contribution in [2.75, 3.05) is 6.67 Å². The van der Waals surface area contributed by atoms with Crippen LogP contribution in [0.4, 0.5) is 0 Å². The normalized spacial score (nSPS) is 37.0. The Morgan fingerprint density at radius 2 is 2.38 bits per heavy atom. The molecular weight excluding hydrogens is 104 g/mol. The van der Waals surface area contributed by atoms with Crippen LogP contribution in [-0.2, 0) is 0 Å². The van der Waals surface area contributed by atoms with Crippen LogP contribution in [0, 0.1) is 11.3 Å². The van der Waals surface area contributed by atoms with Gasteiger partial charge in [-0.1, -0.05) is 0 Å². The Morgan fingerprint density at radius 1 is 1.62 bits per heavy atom. The van der Waals surface area contributed by atoms with Crippen LogP contribution in [0.3, 0.4) is 0 Å². The minimum atomic E-state index is -0.213. The zero-order valence-corrected chi connectivity index (χ0v) is 4.39. The Bertz CT molecular complexity index is 116. The molecule has 1 heterocycles. The number of nitrogens with two attached hydrogens (primary N) is 1. The third-order valence-electron chi connectivity index (χ3n) is 1.16. The first-order chi connectivity index (χ1) is 3.84. The summed E-state index contributed by atoms with van der Waals surface area (Å²) in [5.74, 6) is 0. The van der Waals surface area contributed by atoms with E-state index in [9.17, 15) is 0 Å². The van der Waals surface area contributed by atoms with E-state index in [4.69, 9.17) is 11.0 Å². The van der Waals surface area contributed by atoms with Gasteiger partial charge in [0, 0.05) is 6.67 Å². The predicted molar refractivity (Wildman–Crippen MR) is 28.5 cm³/mol. The molecule has 1 saturated heterocycles. The SMILES string of the molecule is N#CC1NCNC1N. The number of nitrogens with one attached hydrogen (secondary N) is 2. The van der Waals surface area contributed by atoms with E-state index < -0.39 is 0 Å². The Hall–Kier alpha value is -0.630. The summed E-state index contributed by atoms with van der Waals surface area (Å²) in [7, 11) is 0. The number of nitriles is 1. The van der Waals surface area contributed by atoms with Gasteiger partial charge in [0.25, 0.3) is 0 Å². The Balaban J connectivity index is 2.45. The summed E-state index contributed by atoms with van der Waals surface area (Å²) >= 11 is 0. The molecule has 44 valence electrons. The van der Waals surface area contributed by atoms with Gasteiger partial charge in [-0.15, -0.1) is 0 Å². The van der Waals surface area contributed by atoms with Gasteiger partial charge in [-0.3, -0.25) is 10.6 Å². The van der Waals surface area contributed by atoms with Crippen LogP contribution in [-0.4, -0.2) is 18.9 Å². The van der Waals surface area contributed by atoms with Crippen molar-refractivity contribution in [2.45, 2.75) is 12.2 Å². The van der Waals surface area contributed by atoms with Gasteiger partial charge in [0.1, 0.15) is 6.04 Å². The van der Waals surface area contributed by atoms with Crippen molar-refractivity contribution >= 4 is 0 Å². The van der Waals surface area contributed by atoms with Crippen LogP contribution in [0.25, 0.3) is 0 Å². The smallest absolute Gasteiger partial charge is 0.125 e. The second-order valence-corrected chi connectivity index (χ2v) is 1.72. The minimum Gasteiger partial charge on any atom is -0.314 e. The van der Waals surface area contributed by atoms with Gasteiger partial charge in [-0.25, -0.2) is 0 Å². The fourth-order valence-electron chi connectivity index (χ4n) is 0.657. The minimum absolute atomic E-state index is 0.194. The Morgan fingerprint density at radius 3 is 2.62 bits per heavy atom. The highest BCUT2D eigenvalue weighted by molar-refractivity contribution is 4.99. The number of nitrogens with zero attached hydrogens (tertiary/aromatic N) is 1. The molecule has 0 aromatic rings. The molecule has 0 aliphatic carbocycles. The molecule has 8 heavy (non-hydrogen) atoms. The van der Waals surface area contributed by atoms with Crippen molar-refractivity contribution in [3.63, 3.8) is 0 Å². The molecule has 1 aliphatic rings. The maximum atomic E-state index is 8.30. The van der Waals surface area contributed by atoms with E-state index in [0.717, 1.165) is 0 Å². The van der Waals surface area contributed by atoms with Crippen LogP contribution in [0.2, 0.25) is 0 Å². The van der Waals surface area contributed by atoms with Crippen LogP contribution in [0.1, 0.15) is 0 Å². The zero-order chi connectivity index (χ0) is 5.98. The highest BCUT2D eigenvalue weighted by Crippen LogP contribution is 1.88. The van der Waals surface area contributed by atoms with Crippen molar-refractivity contribution in [3.05, 3.63) is 0 Å². The molecule has 1 fully saturated rings. The molecule has 0 amide bonds. The van der Waals surface area contributed by atoms with Crippen LogP contribution < -0.4 is 16.4 Å². The molecule has 0 aromatic heterocycles. The number of rotatable bonds is 0. The molecule has 1 aliphatic heterocycles. The first-order valence-corrected chi connectivity index (χ1v) is 2.46. The van der Waals surface area contributed by atoms with Gasteiger partial charge in [-0.05, 0) is 0 Å². The second kappa shape index (κ2) is 2.09. The predicted octanol–water partition coefficient (Wildman–Crippen LogP) is -1.69. The van der Waals surface area contributed by atoms with Gasteiger partial charge in [0.05, 0.1) is 12.2 Å². The van der Waals surface area contributed by atoms with Crippen molar-refractivity contribution < 1.29 is 0 Å². The zero-order valence-electron chi connectivity index (χ0n) is 4.39. The van der Waals surface area contributed by atoms with Gasteiger partial charge in [0.15, 0.2) is 0 Å². The van der Waals surface area contributed by atoms with Crippen LogP contribution >= 0.6 is 0 Å². The summed E-state index contributed by atoms with van der Waals surface area (Å²) in [6, 6.07) is 1.80. The average Bonchev–Trinajstić information content (AvgIpc) is 2.14. The lowest BCUT2D eigenvalue weighted by molar-refractivity contribution is 0.607. The van der Waals surface area contributed by atoms with E-state index in [1.54, 1.807) is 0 Å². The monoisotopic (exact) mass is 112 g/mol. The summed E-state index contributed by atoms with van der Waals surface area (Å²) in [6.07, 6.45) is -0.194. The van der Waals surface area contributed by atoms with Gasteiger partial charge in [-0.2, -0.15) is 5.26 Å². The van der Waals surface area contributed by atoms with Crippen molar-refractivity contribution in [1.82, 2.24) is 10.6 Å². The van der Waals surface area contributed by atoms with Crippen molar-refractivity contribution in [3.8, 4) is 6.07 Å². The molecule has 2 unspecified atom stereocenters. The van der Waals surface area contributed by atoms with E-state index in [1.165, 1.54) is 0 Å². The standard InChI is InChI=1S/C4H8N4/c5-1-3-4(6)8-2-7-3/h3-4,7-8H,2,6H2. The molecule has 2 atom stereocenters. The number of hydrogen-bond acceptors (Lipinski definition) is 4. The van der Waals surface area contributed by atoms with E-state index in [-0.39, 0.29) is 12.2 Å². The summed E-state index contributed by atoms with van der Waals surface area (Å²) in [5, 5.41) is 14.0. The maximum Gasteiger partial charge on any atom is 0.125 e. The molecule has 0 saturated carbocycles. The molecule has 0 radical (unpaired) electrons. The highest BCUT2D eigenvalue weighted by Gasteiger charge is 2.20. The van der Waals surface area contributed by atoms with Crippen LogP contribution in [0.15, 0.2) is 0 Å². The lowest BCUT2D eigenvalue weighted by Gasteiger charge is -2.02. The average molecular weight is 112 g/mol. The quantitative estimate of drug-likeness (QED) is 0.349. The van der Waals surface area contributed by atoms with E-state index >= 15 is 0 Å². The first-order valence-electron chi connectivity index (χ1n) is 2.46. The molecule has 4 nitrogen and oxygen atoms in total. The third-order valence-corrected chi connectivity index (χ3v) is 1.16. The summed E-state index contributed by atoms with van der Waals surface area (Å²) in [4.78, 5) is 0. The molecule has 0 spiro atoms. The Kier molecular flexibility index (Phi) is 1.44. The summed E-state index contributed by atoms with van der Waals surface area (Å²) in [6.45, 7) is 0.638. The van der Waals surface area contributed by atoms with E-state index in [0.29, 0.717) is 6.67 Å². The highest BCUT2D eigenvalue weighted by atomic mass is 15.2. The van der Waals surface area contributed by atoms with E-state index in [2.05, 4.69) is 10.6 Å². The molecule has 1 rings (SSSR count). The van der Waals surface area contributed by atoms with Crippen molar-refractivity contribution in [1.29, 1.82) is 5.26 Å². The molecular formula is C4H8N4. The topological polar surface area (TPSA) is 73.9 Å². The maximum absolute atomic E-state index is 8.30.